The van der Waals surface area contributed by atoms with E-state index in [4.69, 9.17) is 16.3 Å². The second-order valence-corrected chi connectivity index (χ2v) is 4.69. The zero-order valence-electron chi connectivity index (χ0n) is 11.4. The Labute approximate surface area is 122 Å². The van der Waals surface area contributed by atoms with Gasteiger partial charge in [-0.05, 0) is 36.4 Å². The van der Waals surface area contributed by atoms with Crippen LogP contribution in [-0.4, -0.2) is 18.6 Å². The van der Waals surface area contributed by atoms with Crippen molar-refractivity contribution in [2.24, 2.45) is 0 Å². The molecular formula is C15H16ClFN2O. The molecule has 20 heavy (non-hydrogen) atoms. The van der Waals surface area contributed by atoms with E-state index in [-0.39, 0.29) is 11.9 Å². The molecule has 0 radical (unpaired) electrons. The van der Waals surface area contributed by atoms with Crippen LogP contribution in [0.15, 0.2) is 36.5 Å². The largest absolute Gasteiger partial charge is 0.495 e. The van der Waals surface area contributed by atoms with Gasteiger partial charge in [0.25, 0.3) is 0 Å². The maximum absolute atomic E-state index is 13.0. The molecule has 0 saturated heterocycles. The Kier molecular flexibility index (Phi) is 4.93. The number of nitrogens with one attached hydrogen (secondary N) is 1. The second-order valence-electron chi connectivity index (χ2n) is 4.29. The quantitative estimate of drug-likeness (QED) is 0.915. The fourth-order valence-corrected chi connectivity index (χ4v) is 2.21. The zero-order chi connectivity index (χ0) is 14.5. The van der Waals surface area contributed by atoms with Crippen LogP contribution in [0.4, 0.5) is 4.39 Å². The van der Waals surface area contributed by atoms with Gasteiger partial charge in [0.15, 0.2) is 0 Å². The summed E-state index contributed by atoms with van der Waals surface area (Å²) < 4.78 is 18.2. The Morgan fingerprint density at radius 1 is 1.35 bits per heavy atom. The van der Waals surface area contributed by atoms with Gasteiger partial charge < -0.3 is 10.1 Å². The van der Waals surface area contributed by atoms with E-state index in [2.05, 4.69) is 10.3 Å². The van der Waals surface area contributed by atoms with Gasteiger partial charge in [0, 0.05) is 0 Å². The summed E-state index contributed by atoms with van der Waals surface area (Å²) in [5.74, 6) is 0.256. The molecule has 1 unspecified atom stereocenters. The van der Waals surface area contributed by atoms with E-state index in [1.54, 1.807) is 19.2 Å². The number of ether oxygens (including phenoxy) is 1. The van der Waals surface area contributed by atoms with Crippen molar-refractivity contribution in [3.05, 3.63) is 58.6 Å². The van der Waals surface area contributed by atoms with E-state index in [9.17, 15) is 4.39 Å². The van der Waals surface area contributed by atoms with Crippen LogP contribution < -0.4 is 10.1 Å². The predicted octanol–water partition coefficient (Wildman–Crippen LogP) is 3.58. The van der Waals surface area contributed by atoms with Crippen molar-refractivity contribution in [2.75, 3.05) is 13.7 Å². The number of halogens is 2. The highest BCUT2D eigenvalue weighted by atomic mass is 35.5. The highest BCUT2D eigenvalue weighted by Crippen LogP contribution is 2.29. The number of aromatic nitrogens is 1. The Morgan fingerprint density at radius 2 is 2.15 bits per heavy atom. The molecule has 2 rings (SSSR count). The fraction of sp³-hybridized carbons (Fsp3) is 0.267. The SMILES string of the molecule is CCNC(c1ccc(Cl)c(OC)c1)c1ccc(F)cn1. The molecule has 5 heteroatoms. The number of pyridine rings is 1. The lowest BCUT2D eigenvalue weighted by molar-refractivity contribution is 0.414. The van der Waals surface area contributed by atoms with Gasteiger partial charge in [-0.25, -0.2) is 4.39 Å². The lowest BCUT2D eigenvalue weighted by atomic mass is 10.0. The molecule has 1 heterocycles. The van der Waals surface area contributed by atoms with Gasteiger partial charge in [-0.1, -0.05) is 24.6 Å². The normalized spacial score (nSPS) is 12.2. The van der Waals surface area contributed by atoms with E-state index >= 15 is 0 Å². The Hall–Kier alpha value is -1.65. The summed E-state index contributed by atoms with van der Waals surface area (Å²) in [6.45, 7) is 2.76. The number of hydrogen-bond donors (Lipinski definition) is 1. The minimum absolute atomic E-state index is 0.133. The first-order valence-corrected chi connectivity index (χ1v) is 6.71. The third-order valence-electron chi connectivity index (χ3n) is 2.96. The summed E-state index contributed by atoms with van der Waals surface area (Å²) in [4.78, 5) is 4.14. The smallest absolute Gasteiger partial charge is 0.141 e. The van der Waals surface area contributed by atoms with Crippen LogP contribution in [-0.2, 0) is 0 Å². The van der Waals surface area contributed by atoms with Crippen LogP contribution in [0.25, 0.3) is 0 Å². The third-order valence-corrected chi connectivity index (χ3v) is 3.28. The molecular weight excluding hydrogens is 279 g/mol. The standard InChI is InChI=1S/C15H16ClFN2O/c1-3-18-15(13-7-5-11(17)9-19-13)10-4-6-12(16)14(8-10)20-2/h4-9,15,18H,3H2,1-2H3. The number of benzene rings is 1. The summed E-state index contributed by atoms with van der Waals surface area (Å²) in [5.41, 5.74) is 1.71. The van der Waals surface area contributed by atoms with Crippen LogP contribution in [0, 0.1) is 5.82 Å². The first-order valence-electron chi connectivity index (χ1n) is 6.34. The van der Waals surface area contributed by atoms with E-state index < -0.39 is 0 Å². The van der Waals surface area contributed by atoms with Crippen molar-refractivity contribution in [3.8, 4) is 5.75 Å². The van der Waals surface area contributed by atoms with Crippen LogP contribution >= 0.6 is 11.6 Å². The lowest BCUT2D eigenvalue weighted by Gasteiger charge is -2.19. The van der Waals surface area contributed by atoms with Gasteiger partial charge in [-0.2, -0.15) is 0 Å². The van der Waals surface area contributed by atoms with Crippen molar-refractivity contribution >= 4 is 11.6 Å². The summed E-state index contributed by atoms with van der Waals surface area (Å²) in [7, 11) is 1.57. The molecule has 106 valence electrons. The molecule has 1 N–H and O–H groups in total. The predicted molar refractivity (Wildman–Crippen MR) is 77.7 cm³/mol. The molecule has 0 amide bonds. The fourth-order valence-electron chi connectivity index (χ4n) is 2.01. The van der Waals surface area contributed by atoms with E-state index in [0.717, 1.165) is 17.8 Å². The van der Waals surface area contributed by atoms with Gasteiger partial charge in [-0.15, -0.1) is 0 Å². The van der Waals surface area contributed by atoms with Crippen molar-refractivity contribution in [1.82, 2.24) is 10.3 Å². The highest BCUT2D eigenvalue weighted by molar-refractivity contribution is 6.32. The first-order chi connectivity index (χ1) is 9.65. The number of rotatable bonds is 5. The second kappa shape index (κ2) is 6.68. The van der Waals surface area contributed by atoms with Crippen LogP contribution in [0.5, 0.6) is 5.75 Å². The molecule has 0 aliphatic carbocycles. The van der Waals surface area contributed by atoms with E-state index in [0.29, 0.717) is 10.8 Å². The molecule has 0 aliphatic heterocycles. The summed E-state index contributed by atoms with van der Waals surface area (Å²) in [6.07, 6.45) is 1.22. The zero-order valence-corrected chi connectivity index (χ0v) is 12.1. The Balaban J connectivity index is 2.39. The molecule has 1 atom stereocenters. The maximum atomic E-state index is 13.0. The maximum Gasteiger partial charge on any atom is 0.141 e. The molecule has 0 fully saturated rings. The number of hydrogen-bond acceptors (Lipinski definition) is 3. The van der Waals surface area contributed by atoms with Crippen molar-refractivity contribution < 1.29 is 9.13 Å². The summed E-state index contributed by atoms with van der Waals surface area (Å²) in [6, 6.07) is 8.49. The first kappa shape index (κ1) is 14.8. The van der Waals surface area contributed by atoms with Gasteiger partial charge >= 0.3 is 0 Å². The van der Waals surface area contributed by atoms with Crippen LogP contribution in [0.2, 0.25) is 5.02 Å². The topological polar surface area (TPSA) is 34.1 Å². The van der Waals surface area contributed by atoms with Gasteiger partial charge in [-0.3, -0.25) is 4.98 Å². The van der Waals surface area contributed by atoms with Gasteiger partial charge in [0.1, 0.15) is 11.6 Å². The monoisotopic (exact) mass is 294 g/mol. The molecule has 0 saturated carbocycles. The summed E-state index contributed by atoms with van der Waals surface area (Å²) >= 11 is 6.03. The molecule has 1 aromatic carbocycles. The van der Waals surface area contributed by atoms with E-state index in [1.807, 2.05) is 19.1 Å². The van der Waals surface area contributed by atoms with Gasteiger partial charge in [0.05, 0.1) is 30.1 Å². The minimum atomic E-state index is -0.349. The van der Waals surface area contributed by atoms with Crippen LogP contribution in [0.1, 0.15) is 24.2 Å². The average Bonchev–Trinajstić information content (AvgIpc) is 2.47. The summed E-state index contributed by atoms with van der Waals surface area (Å²) in [5, 5.41) is 3.88. The number of methoxy groups -OCH3 is 1. The van der Waals surface area contributed by atoms with Gasteiger partial charge in [0.2, 0.25) is 0 Å². The van der Waals surface area contributed by atoms with Crippen molar-refractivity contribution in [1.29, 1.82) is 0 Å². The Morgan fingerprint density at radius 3 is 2.75 bits per heavy atom. The molecule has 0 bridgehead atoms. The Bertz CT molecular complexity index is 575. The third kappa shape index (κ3) is 3.26. The molecule has 0 spiro atoms. The van der Waals surface area contributed by atoms with Crippen LogP contribution in [0.3, 0.4) is 0 Å². The molecule has 2 aromatic rings. The highest BCUT2D eigenvalue weighted by Gasteiger charge is 2.16. The number of nitrogens with zero attached hydrogens (tertiary/aromatic N) is 1. The van der Waals surface area contributed by atoms with Crippen molar-refractivity contribution in [3.63, 3.8) is 0 Å². The average molecular weight is 295 g/mol. The van der Waals surface area contributed by atoms with E-state index in [1.165, 1.54) is 12.3 Å². The molecule has 1 aromatic heterocycles. The minimum Gasteiger partial charge on any atom is -0.495 e. The lowest BCUT2D eigenvalue weighted by Crippen LogP contribution is -2.23. The molecule has 3 nitrogen and oxygen atoms in total. The van der Waals surface area contributed by atoms with Crippen molar-refractivity contribution in [2.45, 2.75) is 13.0 Å². The molecule has 0 aliphatic rings.